The van der Waals surface area contributed by atoms with Gasteiger partial charge in [0.15, 0.2) is 0 Å². The molecule has 1 heterocycles. The van der Waals surface area contributed by atoms with Gasteiger partial charge >= 0.3 is 0 Å². The van der Waals surface area contributed by atoms with Crippen LogP contribution < -0.4 is 4.90 Å². The third-order valence-corrected chi connectivity index (χ3v) is 18.4. The molecule has 0 saturated carbocycles. The first-order valence-corrected chi connectivity index (χ1v) is 30.7. The molecule has 1 aliphatic carbocycles. The van der Waals surface area contributed by atoms with Gasteiger partial charge in [0.2, 0.25) is 0 Å². The fourth-order valence-corrected chi connectivity index (χ4v) is 14.3. The van der Waals surface area contributed by atoms with Gasteiger partial charge in [0.25, 0.3) is 0 Å². The smallest absolute Gasteiger partial charge is 0.0713 e. The van der Waals surface area contributed by atoms with Crippen molar-refractivity contribution in [3.63, 3.8) is 0 Å². The molecule has 0 bridgehead atoms. The fraction of sp³-hybridized carbons (Fsp3) is 0.106. The monoisotopic (exact) mass is 1120 g/mol. The second-order valence-corrected chi connectivity index (χ2v) is 25.6. The summed E-state index contributed by atoms with van der Waals surface area (Å²) in [7, 11) is 0. The van der Waals surface area contributed by atoms with E-state index < -0.39 is 5.41 Å². The second kappa shape index (κ2) is 21.0. The number of aromatic nitrogens is 1. The van der Waals surface area contributed by atoms with E-state index in [1.54, 1.807) is 0 Å². The minimum atomic E-state index is -0.567. The first-order valence-electron chi connectivity index (χ1n) is 30.7. The molecule has 1 aromatic heterocycles. The Morgan fingerprint density at radius 1 is 0.299 bits per heavy atom. The molecule has 0 fully saturated rings. The predicted molar refractivity (Wildman–Crippen MR) is 369 cm³/mol. The van der Waals surface area contributed by atoms with E-state index in [9.17, 15) is 0 Å². The number of para-hydroxylation sites is 5. The molecular formula is C85H68N2. The van der Waals surface area contributed by atoms with Crippen LogP contribution in [0.15, 0.2) is 303 Å². The molecule has 2 nitrogen and oxygen atoms in total. The third kappa shape index (κ3) is 8.84. The summed E-state index contributed by atoms with van der Waals surface area (Å²) >= 11 is 0. The summed E-state index contributed by atoms with van der Waals surface area (Å²) in [4.78, 5) is 2.58. The van der Waals surface area contributed by atoms with Gasteiger partial charge in [0.1, 0.15) is 0 Å². The maximum absolute atomic E-state index is 2.58. The third-order valence-electron chi connectivity index (χ3n) is 18.4. The Kier molecular flexibility index (Phi) is 12.9. The van der Waals surface area contributed by atoms with E-state index in [1.807, 2.05) is 0 Å². The van der Waals surface area contributed by atoms with Crippen molar-refractivity contribution >= 4 is 49.6 Å². The highest BCUT2D eigenvalue weighted by atomic mass is 15.2. The van der Waals surface area contributed by atoms with Crippen LogP contribution >= 0.6 is 0 Å². The van der Waals surface area contributed by atoms with Crippen molar-refractivity contribution in [1.82, 2.24) is 4.57 Å². The number of rotatable bonds is 10. The van der Waals surface area contributed by atoms with Crippen molar-refractivity contribution in [3.05, 3.63) is 337 Å². The lowest BCUT2D eigenvalue weighted by molar-refractivity contribution is 0.569. The summed E-state index contributed by atoms with van der Waals surface area (Å²) in [6, 6.07) is 114. The Morgan fingerprint density at radius 3 is 1.36 bits per heavy atom. The van der Waals surface area contributed by atoms with Gasteiger partial charge < -0.3 is 9.47 Å². The van der Waals surface area contributed by atoms with Crippen molar-refractivity contribution in [2.24, 2.45) is 0 Å². The van der Waals surface area contributed by atoms with E-state index >= 15 is 0 Å². The van der Waals surface area contributed by atoms with Crippen LogP contribution in [-0.4, -0.2) is 4.57 Å². The van der Waals surface area contributed by atoms with E-state index in [4.69, 9.17) is 0 Å². The molecule has 2 heteroatoms. The van der Waals surface area contributed by atoms with Crippen LogP contribution in [0.3, 0.4) is 0 Å². The van der Waals surface area contributed by atoms with Gasteiger partial charge in [-0.15, -0.1) is 0 Å². The molecule has 0 radical (unpaired) electrons. The zero-order valence-corrected chi connectivity index (χ0v) is 50.3. The lowest BCUT2D eigenvalue weighted by Crippen LogP contribution is -2.28. The molecule has 0 amide bonds. The van der Waals surface area contributed by atoms with E-state index in [-0.39, 0.29) is 10.8 Å². The first kappa shape index (κ1) is 53.4. The molecule has 418 valence electrons. The van der Waals surface area contributed by atoms with Crippen LogP contribution in [0.25, 0.3) is 93.9 Å². The maximum Gasteiger partial charge on any atom is 0.0713 e. The lowest BCUT2D eigenvalue weighted by atomic mass is 9.67. The normalized spacial score (nSPS) is 12.8. The summed E-state index contributed by atoms with van der Waals surface area (Å²) in [6.45, 7) is 14.0. The Morgan fingerprint density at radius 2 is 0.747 bits per heavy atom. The van der Waals surface area contributed by atoms with Crippen molar-refractivity contribution in [2.45, 2.75) is 57.8 Å². The van der Waals surface area contributed by atoms with E-state index in [0.29, 0.717) is 0 Å². The first-order chi connectivity index (χ1) is 42.5. The SMILES string of the molecule is CC(C)(C)c1cc(-c2cccc3cccc(-c4ccccc4N(c4ccccc4-c4ccc5c(c4)C(c4ccccc4)(c4ccccc4)c4ccccc4-5)c4ccccc4-c4cccc5c4c4ccccc4n5-c4ccccc4)c23)cc(C(C)(C)C)c1. The molecule has 0 aliphatic heterocycles. The van der Waals surface area contributed by atoms with Gasteiger partial charge in [-0.3, -0.25) is 0 Å². The van der Waals surface area contributed by atoms with Crippen LogP contribution in [0, 0.1) is 0 Å². The summed E-state index contributed by atoms with van der Waals surface area (Å²) in [5, 5.41) is 4.86. The number of nitrogens with zero attached hydrogens (tertiary/aromatic N) is 2. The number of benzene rings is 13. The standard InChI is InChI=1S/C85H68N2/c1-83(2,3)62-53-59(54-63(56-62)84(4,5)6)66-42-26-29-57-30-27-43-71(81(57)66)69-39-18-23-47-77(69)87(78-48-24-19-40-70(78)72-44-28-50-80-82(72)73-41-20-25-49-79(73)86(80)64-35-14-9-15-36-64)76-46-22-17-37-65(76)58-51-52-68-67-38-16-21-45-74(67)85(75(68)55-58,60-31-10-7-11-32-60)61-33-12-8-13-34-61/h7-56H,1-6H3. The van der Waals surface area contributed by atoms with Gasteiger partial charge in [0.05, 0.1) is 33.5 Å². The van der Waals surface area contributed by atoms with Crippen LogP contribution in [0.2, 0.25) is 0 Å². The van der Waals surface area contributed by atoms with Gasteiger partial charge in [-0.25, -0.2) is 0 Å². The zero-order chi connectivity index (χ0) is 59.0. The minimum Gasteiger partial charge on any atom is -0.309 e. The van der Waals surface area contributed by atoms with Crippen LogP contribution in [0.4, 0.5) is 17.1 Å². The fourth-order valence-electron chi connectivity index (χ4n) is 14.3. The number of hydrogen-bond acceptors (Lipinski definition) is 1. The number of anilines is 3. The molecule has 87 heavy (non-hydrogen) atoms. The highest BCUT2D eigenvalue weighted by Crippen LogP contribution is 2.58. The molecule has 0 saturated heterocycles. The Labute approximate surface area is 512 Å². The average molecular weight is 1120 g/mol. The van der Waals surface area contributed by atoms with E-state index in [1.165, 1.54) is 93.8 Å². The summed E-state index contributed by atoms with van der Waals surface area (Å²) in [6.07, 6.45) is 0. The van der Waals surface area contributed by atoms with Gasteiger partial charge in [-0.2, -0.15) is 0 Å². The molecule has 0 N–H and O–H groups in total. The Balaban J connectivity index is 1.01. The molecule has 1 aliphatic rings. The maximum atomic E-state index is 2.58. The lowest BCUT2D eigenvalue weighted by Gasteiger charge is -2.34. The minimum absolute atomic E-state index is 0.0501. The second-order valence-electron chi connectivity index (χ2n) is 25.6. The van der Waals surface area contributed by atoms with Gasteiger partial charge in [0, 0.05) is 33.2 Å². The molecule has 0 spiro atoms. The quantitative estimate of drug-likeness (QED) is 0.132. The zero-order valence-electron chi connectivity index (χ0n) is 50.3. The number of hydrogen-bond donors (Lipinski definition) is 0. The van der Waals surface area contributed by atoms with E-state index in [2.05, 4.69) is 354 Å². The van der Waals surface area contributed by atoms with Gasteiger partial charge in [-0.1, -0.05) is 296 Å². The highest BCUT2D eigenvalue weighted by molar-refractivity contribution is 6.17. The molecule has 0 atom stereocenters. The van der Waals surface area contributed by atoms with Crippen molar-refractivity contribution < 1.29 is 0 Å². The van der Waals surface area contributed by atoms with Crippen LogP contribution in [0.1, 0.15) is 74.9 Å². The summed E-state index contributed by atoms with van der Waals surface area (Å²) in [5.74, 6) is 0. The summed E-state index contributed by atoms with van der Waals surface area (Å²) in [5.41, 5.74) is 25.6. The van der Waals surface area contributed by atoms with Crippen molar-refractivity contribution in [3.8, 4) is 61.3 Å². The molecule has 13 aromatic carbocycles. The summed E-state index contributed by atoms with van der Waals surface area (Å²) < 4.78 is 2.43. The van der Waals surface area contributed by atoms with Crippen LogP contribution in [0.5, 0.6) is 0 Å². The number of fused-ring (bicyclic) bond motifs is 7. The highest BCUT2D eigenvalue weighted by Gasteiger charge is 2.46. The molecule has 15 rings (SSSR count). The van der Waals surface area contributed by atoms with Crippen LogP contribution in [-0.2, 0) is 16.2 Å². The largest absolute Gasteiger partial charge is 0.309 e. The molecular weight excluding hydrogens is 1050 g/mol. The topological polar surface area (TPSA) is 8.17 Å². The van der Waals surface area contributed by atoms with Gasteiger partial charge in [-0.05, 0) is 142 Å². The van der Waals surface area contributed by atoms with Crippen molar-refractivity contribution in [2.75, 3.05) is 4.90 Å². The van der Waals surface area contributed by atoms with Crippen molar-refractivity contribution in [1.29, 1.82) is 0 Å². The van der Waals surface area contributed by atoms with E-state index in [0.717, 1.165) is 50.5 Å². The predicted octanol–water partition coefficient (Wildman–Crippen LogP) is 23.0. The molecule has 0 unspecified atom stereocenters. The molecule has 14 aromatic rings. The Hall–Kier alpha value is -10.3. The average Bonchev–Trinajstić information content (AvgIpc) is 1.61. The Bertz CT molecular complexity index is 4860.